The van der Waals surface area contributed by atoms with Gasteiger partial charge in [0.05, 0.1) is 22.3 Å². The van der Waals surface area contributed by atoms with Gasteiger partial charge in [-0.25, -0.2) is 4.79 Å². The lowest BCUT2D eigenvalue weighted by molar-refractivity contribution is -0.436. The molecular formula is C17H11F3N2O4. The summed E-state index contributed by atoms with van der Waals surface area (Å²) in [6.07, 6.45) is -4.85. The molecular weight excluding hydrogens is 353 g/mol. The van der Waals surface area contributed by atoms with E-state index in [0.29, 0.717) is 5.56 Å². The van der Waals surface area contributed by atoms with Crippen LogP contribution in [0.1, 0.15) is 27.6 Å². The summed E-state index contributed by atoms with van der Waals surface area (Å²) in [5, 5.41) is 13.8. The number of carbonyl (C=O) groups excluding carboxylic acids is 1. The topological polar surface area (TPSA) is 81.5 Å². The standard InChI is InChI=1S/C17H11F3N2O4/c18-17(19,20)10-4-3-5-11(8-10)21-9-14(22(24)25)15-12-6-1-2-7-13(12)16(23)26-15/h1-9,15,21H/b14-9-. The van der Waals surface area contributed by atoms with Gasteiger partial charge in [0.15, 0.2) is 0 Å². The fraction of sp³-hybridized carbons (Fsp3) is 0.118. The van der Waals surface area contributed by atoms with Crippen LogP contribution < -0.4 is 5.32 Å². The third-order valence-electron chi connectivity index (χ3n) is 3.74. The smallest absolute Gasteiger partial charge is 0.416 e. The van der Waals surface area contributed by atoms with Crippen molar-refractivity contribution in [2.45, 2.75) is 12.3 Å². The number of nitrogens with one attached hydrogen (secondary N) is 1. The predicted molar refractivity (Wildman–Crippen MR) is 84.7 cm³/mol. The van der Waals surface area contributed by atoms with Crippen LogP contribution in [0, 0.1) is 10.1 Å². The van der Waals surface area contributed by atoms with Gasteiger partial charge in [-0.15, -0.1) is 0 Å². The Balaban J connectivity index is 1.91. The number of cyclic esters (lactones) is 1. The lowest BCUT2D eigenvalue weighted by Gasteiger charge is -2.10. The number of hydrogen-bond acceptors (Lipinski definition) is 5. The van der Waals surface area contributed by atoms with E-state index in [-0.39, 0.29) is 11.3 Å². The number of nitrogens with zero attached hydrogens (tertiary/aromatic N) is 1. The van der Waals surface area contributed by atoms with E-state index in [4.69, 9.17) is 4.74 Å². The maximum Gasteiger partial charge on any atom is 0.416 e. The van der Waals surface area contributed by atoms with Gasteiger partial charge in [-0.1, -0.05) is 24.3 Å². The van der Waals surface area contributed by atoms with Gasteiger partial charge in [-0.3, -0.25) is 10.1 Å². The van der Waals surface area contributed by atoms with E-state index in [0.717, 1.165) is 18.3 Å². The zero-order chi connectivity index (χ0) is 18.9. The number of hydrogen-bond donors (Lipinski definition) is 1. The van der Waals surface area contributed by atoms with Crippen molar-refractivity contribution in [3.05, 3.63) is 87.2 Å². The molecule has 9 heteroatoms. The Kier molecular flexibility index (Phi) is 4.37. The summed E-state index contributed by atoms with van der Waals surface area (Å²) < 4.78 is 43.3. The third kappa shape index (κ3) is 3.37. The largest absolute Gasteiger partial charge is 0.442 e. The molecule has 0 bridgehead atoms. The molecule has 26 heavy (non-hydrogen) atoms. The zero-order valence-electron chi connectivity index (χ0n) is 13.0. The van der Waals surface area contributed by atoms with Gasteiger partial charge in [0.25, 0.3) is 0 Å². The molecule has 1 heterocycles. The van der Waals surface area contributed by atoms with Gasteiger partial charge >= 0.3 is 17.8 Å². The van der Waals surface area contributed by atoms with Gasteiger partial charge in [0.2, 0.25) is 6.10 Å². The summed E-state index contributed by atoms with van der Waals surface area (Å²) in [4.78, 5) is 22.4. The van der Waals surface area contributed by atoms with Gasteiger partial charge in [-0.2, -0.15) is 13.2 Å². The first-order chi connectivity index (χ1) is 12.3. The molecule has 0 saturated carbocycles. The van der Waals surface area contributed by atoms with Crippen molar-refractivity contribution in [1.82, 2.24) is 0 Å². The molecule has 2 aromatic rings. The highest BCUT2D eigenvalue weighted by Crippen LogP contribution is 2.36. The number of rotatable bonds is 4. The zero-order valence-corrected chi connectivity index (χ0v) is 13.0. The maximum absolute atomic E-state index is 12.7. The number of ether oxygens (including phenoxy) is 1. The van der Waals surface area contributed by atoms with Gasteiger partial charge in [0, 0.05) is 11.3 Å². The molecule has 0 aliphatic carbocycles. The van der Waals surface area contributed by atoms with Gasteiger partial charge in [0.1, 0.15) is 0 Å². The molecule has 1 unspecified atom stereocenters. The van der Waals surface area contributed by atoms with E-state index in [2.05, 4.69) is 5.32 Å². The Hall–Kier alpha value is -3.36. The van der Waals surface area contributed by atoms with Crippen LogP contribution in [0.5, 0.6) is 0 Å². The van der Waals surface area contributed by atoms with Crippen LogP contribution in [0.2, 0.25) is 0 Å². The van der Waals surface area contributed by atoms with Crippen molar-refractivity contribution in [2.75, 3.05) is 5.32 Å². The second-order valence-electron chi connectivity index (χ2n) is 5.42. The highest BCUT2D eigenvalue weighted by molar-refractivity contribution is 5.94. The monoisotopic (exact) mass is 364 g/mol. The van der Waals surface area contributed by atoms with Gasteiger partial charge in [-0.05, 0) is 24.3 Å². The molecule has 0 saturated heterocycles. The minimum atomic E-state index is -4.53. The Morgan fingerprint density at radius 3 is 2.62 bits per heavy atom. The van der Waals surface area contributed by atoms with E-state index in [9.17, 15) is 28.1 Å². The summed E-state index contributed by atoms with van der Waals surface area (Å²) >= 11 is 0. The van der Waals surface area contributed by atoms with Crippen LogP contribution in [-0.2, 0) is 10.9 Å². The van der Waals surface area contributed by atoms with E-state index in [1.54, 1.807) is 12.1 Å². The second-order valence-corrected chi connectivity index (χ2v) is 5.42. The minimum absolute atomic E-state index is 0.0109. The fourth-order valence-corrected chi connectivity index (χ4v) is 2.53. The minimum Gasteiger partial charge on any atom is -0.442 e. The number of alkyl halides is 3. The van der Waals surface area contributed by atoms with Crippen molar-refractivity contribution in [3.63, 3.8) is 0 Å². The van der Waals surface area contributed by atoms with Crippen LogP contribution in [0.3, 0.4) is 0 Å². The van der Waals surface area contributed by atoms with Crippen LogP contribution in [-0.4, -0.2) is 10.9 Å². The second kappa shape index (κ2) is 6.51. The first-order valence-corrected chi connectivity index (χ1v) is 7.35. The lowest BCUT2D eigenvalue weighted by Crippen LogP contribution is -2.12. The molecule has 6 nitrogen and oxygen atoms in total. The number of fused-ring (bicyclic) bond motifs is 1. The normalized spacial score (nSPS) is 16.8. The summed E-state index contributed by atoms with van der Waals surface area (Å²) in [6, 6.07) is 10.4. The summed E-state index contributed by atoms with van der Waals surface area (Å²) in [6.45, 7) is 0. The summed E-state index contributed by atoms with van der Waals surface area (Å²) in [5.74, 6) is -0.697. The molecule has 1 aliphatic heterocycles. The number of nitro groups is 1. The summed E-state index contributed by atoms with van der Waals surface area (Å²) in [5.41, 5.74) is -0.843. The highest BCUT2D eigenvalue weighted by atomic mass is 19.4. The SMILES string of the molecule is O=C1OC(/C(=C/Nc2cccc(C(F)(F)F)c2)[N+](=O)[O-])c2ccccc21. The number of carbonyl (C=O) groups is 1. The Labute approximate surface area is 145 Å². The van der Waals surface area contributed by atoms with E-state index in [1.807, 2.05) is 0 Å². The molecule has 0 amide bonds. The lowest BCUT2D eigenvalue weighted by atomic mass is 10.0. The molecule has 1 N–H and O–H groups in total. The molecule has 1 atom stereocenters. The van der Waals surface area contributed by atoms with Crippen LogP contribution >= 0.6 is 0 Å². The molecule has 3 rings (SSSR count). The maximum atomic E-state index is 12.7. The number of anilines is 1. The van der Waals surface area contributed by atoms with Crippen molar-refractivity contribution in [3.8, 4) is 0 Å². The van der Waals surface area contributed by atoms with Gasteiger partial charge < -0.3 is 10.1 Å². The Bertz CT molecular complexity index is 909. The fourth-order valence-electron chi connectivity index (χ4n) is 2.53. The van der Waals surface area contributed by atoms with Crippen molar-refractivity contribution >= 4 is 11.7 Å². The number of esters is 1. The van der Waals surface area contributed by atoms with Crippen LogP contribution in [0.4, 0.5) is 18.9 Å². The quantitative estimate of drug-likeness (QED) is 0.501. The summed E-state index contributed by atoms with van der Waals surface area (Å²) in [7, 11) is 0. The van der Waals surface area contributed by atoms with E-state index >= 15 is 0 Å². The highest BCUT2D eigenvalue weighted by Gasteiger charge is 2.39. The van der Waals surface area contributed by atoms with Crippen molar-refractivity contribution in [1.29, 1.82) is 0 Å². The molecule has 134 valence electrons. The van der Waals surface area contributed by atoms with Crippen molar-refractivity contribution in [2.24, 2.45) is 0 Å². The van der Waals surface area contributed by atoms with E-state index < -0.39 is 34.4 Å². The Morgan fingerprint density at radius 2 is 1.92 bits per heavy atom. The molecule has 0 fully saturated rings. The molecule has 1 aliphatic rings. The third-order valence-corrected chi connectivity index (χ3v) is 3.74. The number of benzene rings is 2. The van der Waals surface area contributed by atoms with Crippen LogP contribution in [0.15, 0.2) is 60.4 Å². The average Bonchev–Trinajstić information content (AvgIpc) is 2.92. The van der Waals surface area contributed by atoms with Crippen molar-refractivity contribution < 1.29 is 27.6 Å². The first kappa shape index (κ1) is 17.5. The molecule has 0 radical (unpaired) electrons. The number of halogens is 3. The predicted octanol–water partition coefficient (Wildman–Crippen LogP) is 4.15. The van der Waals surface area contributed by atoms with Crippen LogP contribution in [0.25, 0.3) is 0 Å². The molecule has 0 aromatic heterocycles. The molecule has 2 aromatic carbocycles. The first-order valence-electron chi connectivity index (χ1n) is 7.35. The Morgan fingerprint density at radius 1 is 1.19 bits per heavy atom. The van der Waals surface area contributed by atoms with E-state index in [1.165, 1.54) is 24.3 Å². The average molecular weight is 364 g/mol. The molecule has 0 spiro atoms.